The number of aliphatic imine (C=N–C) groups is 1. The first-order valence-corrected chi connectivity index (χ1v) is 9.36. The molecule has 0 bridgehead atoms. The molecule has 1 aromatic carbocycles. The summed E-state index contributed by atoms with van der Waals surface area (Å²) >= 11 is 0. The lowest BCUT2D eigenvalue weighted by molar-refractivity contribution is 0.245. The van der Waals surface area contributed by atoms with Crippen LogP contribution >= 0.6 is 24.0 Å². The van der Waals surface area contributed by atoms with E-state index in [9.17, 15) is 0 Å². The van der Waals surface area contributed by atoms with Crippen LogP contribution in [0.1, 0.15) is 30.3 Å². The molecule has 1 atom stereocenters. The highest BCUT2D eigenvalue weighted by molar-refractivity contribution is 14.0. The van der Waals surface area contributed by atoms with Crippen molar-refractivity contribution in [2.45, 2.75) is 25.4 Å². The van der Waals surface area contributed by atoms with E-state index < -0.39 is 0 Å². The maximum atomic E-state index is 5.42. The van der Waals surface area contributed by atoms with E-state index in [-0.39, 0.29) is 30.0 Å². The molecule has 0 aliphatic carbocycles. The van der Waals surface area contributed by atoms with Crippen molar-refractivity contribution in [2.75, 3.05) is 33.8 Å². The summed E-state index contributed by atoms with van der Waals surface area (Å²) in [6.45, 7) is 3.58. The van der Waals surface area contributed by atoms with Crippen LogP contribution < -0.4 is 15.4 Å². The lowest BCUT2D eigenvalue weighted by atomic mass is 10.1. The lowest BCUT2D eigenvalue weighted by Crippen LogP contribution is -2.42. The molecule has 1 aliphatic rings. The number of methoxy groups -OCH3 is 1. The number of halogens is 1. The van der Waals surface area contributed by atoms with Gasteiger partial charge in [0.15, 0.2) is 5.96 Å². The Bertz CT molecular complexity index is 758. The summed E-state index contributed by atoms with van der Waals surface area (Å²) in [6.07, 6.45) is 4.05. The molecular formula is C19H30IN7O. The van der Waals surface area contributed by atoms with Crippen molar-refractivity contribution in [3.63, 3.8) is 0 Å². The smallest absolute Gasteiger partial charge is 0.191 e. The minimum Gasteiger partial charge on any atom is -0.497 e. The van der Waals surface area contributed by atoms with Crippen LogP contribution in [-0.4, -0.2) is 59.4 Å². The van der Waals surface area contributed by atoms with Crippen molar-refractivity contribution >= 4 is 29.9 Å². The second-order valence-corrected chi connectivity index (χ2v) is 6.64. The van der Waals surface area contributed by atoms with Gasteiger partial charge in [-0.2, -0.15) is 5.10 Å². The molecule has 0 saturated carbocycles. The Morgan fingerprint density at radius 2 is 2.07 bits per heavy atom. The molecule has 1 saturated heterocycles. The lowest BCUT2D eigenvalue weighted by Gasteiger charge is -2.29. The largest absolute Gasteiger partial charge is 0.497 e. The zero-order chi connectivity index (χ0) is 19.1. The van der Waals surface area contributed by atoms with E-state index in [0.717, 1.165) is 37.2 Å². The molecule has 0 amide bonds. The number of nitrogens with one attached hydrogen (secondary N) is 2. The minimum absolute atomic E-state index is 0. The highest BCUT2D eigenvalue weighted by Gasteiger charge is 2.24. The topological polar surface area (TPSA) is 79.6 Å². The molecule has 0 radical (unpaired) electrons. The first-order valence-electron chi connectivity index (χ1n) is 9.36. The molecule has 8 nitrogen and oxygen atoms in total. The number of ether oxygens (including phenoxy) is 1. The number of rotatable bonds is 7. The second kappa shape index (κ2) is 11.2. The highest BCUT2D eigenvalue weighted by atomic mass is 127. The Hall–Kier alpha value is -1.88. The van der Waals surface area contributed by atoms with Crippen LogP contribution in [-0.2, 0) is 13.6 Å². The predicted octanol–water partition coefficient (Wildman–Crippen LogP) is 1.94. The van der Waals surface area contributed by atoms with E-state index in [1.807, 2.05) is 13.1 Å². The standard InChI is InChI=1S/C19H29N7O.HI/c1-20-19(22-13-18-23-14-24-25(18)2)21-12-17(26-9-4-5-10-26)15-7-6-8-16(11-15)27-3;/h6-8,11,14,17H,4-5,9-10,12-13H2,1-3H3,(H2,20,21,22);1H. The van der Waals surface area contributed by atoms with Gasteiger partial charge in [-0.05, 0) is 43.6 Å². The van der Waals surface area contributed by atoms with Gasteiger partial charge in [0, 0.05) is 20.6 Å². The molecule has 154 valence electrons. The van der Waals surface area contributed by atoms with Gasteiger partial charge in [0.2, 0.25) is 0 Å². The number of likely N-dealkylation sites (tertiary alicyclic amines) is 1. The molecule has 0 spiro atoms. The summed E-state index contributed by atoms with van der Waals surface area (Å²) in [7, 11) is 5.37. The Morgan fingerprint density at radius 1 is 1.29 bits per heavy atom. The molecule has 1 aromatic heterocycles. The summed E-state index contributed by atoms with van der Waals surface area (Å²) < 4.78 is 7.17. The van der Waals surface area contributed by atoms with E-state index >= 15 is 0 Å². The first kappa shape index (κ1) is 22.4. The zero-order valence-electron chi connectivity index (χ0n) is 16.8. The monoisotopic (exact) mass is 499 g/mol. The number of hydrogen-bond donors (Lipinski definition) is 2. The SMILES string of the molecule is CN=C(NCc1ncnn1C)NCC(c1cccc(OC)c1)N1CCCC1.I. The maximum absolute atomic E-state index is 5.42. The van der Waals surface area contributed by atoms with Crippen molar-refractivity contribution in [3.8, 4) is 5.75 Å². The molecule has 1 unspecified atom stereocenters. The van der Waals surface area contributed by atoms with Crippen molar-refractivity contribution in [1.29, 1.82) is 0 Å². The van der Waals surface area contributed by atoms with Crippen molar-refractivity contribution in [1.82, 2.24) is 30.3 Å². The zero-order valence-corrected chi connectivity index (χ0v) is 19.1. The van der Waals surface area contributed by atoms with E-state index in [1.54, 1.807) is 25.2 Å². The molecule has 2 heterocycles. The van der Waals surface area contributed by atoms with Gasteiger partial charge in [0.25, 0.3) is 0 Å². The fourth-order valence-electron chi connectivity index (χ4n) is 3.42. The van der Waals surface area contributed by atoms with E-state index in [4.69, 9.17) is 4.74 Å². The van der Waals surface area contributed by atoms with Crippen molar-refractivity contribution in [2.24, 2.45) is 12.0 Å². The van der Waals surface area contributed by atoms with Gasteiger partial charge in [-0.25, -0.2) is 4.98 Å². The molecule has 2 aromatic rings. The van der Waals surface area contributed by atoms with Gasteiger partial charge in [-0.3, -0.25) is 14.6 Å². The van der Waals surface area contributed by atoms with Crippen LogP contribution in [0.5, 0.6) is 5.75 Å². The number of guanidine groups is 1. The quantitative estimate of drug-likeness (QED) is 0.345. The van der Waals surface area contributed by atoms with E-state index in [0.29, 0.717) is 6.54 Å². The summed E-state index contributed by atoms with van der Waals surface area (Å²) in [5.41, 5.74) is 1.26. The Morgan fingerprint density at radius 3 is 2.71 bits per heavy atom. The molecule has 1 aliphatic heterocycles. The minimum atomic E-state index is 0. The summed E-state index contributed by atoms with van der Waals surface area (Å²) in [6, 6.07) is 8.61. The van der Waals surface area contributed by atoms with Gasteiger partial charge in [-0.1, -0.05) is 12.1 Å². The molecule has 28 heavy (non-hydrogen) atoms. The maximum Gasteiger partial charge on any atom is 0.191 e. The van der Waals surface area contributed by atoms with Crippen LogP contribution in [0.3, 0.4) is 0 Å². The van der Waals surface area contributed by atoms with Crippen molar-refractivity contribution in [3.05, 3.63) is 42.0 Å². The highest BCUT2D eigenvalue weighted by Crippen LogP contribution is 2.27. The van der Waals surface area contributed by atoms with Crippen LogP contribution in [0.15, 0.2) is 35.6 Å². The van der Waals surface area contributed by atoms with Crippen LogP contribution in [0.4, 0.5) is 0 Å². The number of aromatic nitrogens is 3. The fraction of sp³-hybridized carbons (Fsp3) is 0.526. The molecular weight excluding hydrogens is 469 g/mol. The summed E-state index contributed by atoms with van der Waals surface area (Å²) in [5, 5.41) is 10.9. The average Bonchev–Trinajstić information content (AvgIpc) is 3.37. The molecule has 1 fully saturated rings. The fourth-order valence-corrected chi connectivity index (χ4v) is 3.42. The van der Waals surface area contributed by atoms with Gasteiger partial charge in [-0.15, -0.1) is 24.0 Å². The predicted molar refractivity (Wildman–Crippen MR) is 121 cm³/mol. The normalized spacial score (nSPS) is 15.8. The van der Waals surface area contributed by atoms with E-state index in [1.165, 1.54) is 18.4 Å². The Kier molecular flexibility index (Phi) is 8.97. The number of aryl methyl sites for hydroxylation is 1. The van der Waals surface area contributed by atoms with Crippen LogP contribution in [0.25, 0.3) is 0 Å². The number of hydrogen-bond acceptors (Lipinski definition) is 5. The second-order valence-electron chi connectivity index (χ2n) is 6.64. The third-order valence-corrected chi connectivity index (χ3v) is 4.97. The molecule has 3 rings (SSSR count). The summed E-state index contributed by atoms with van der Waals surface area (Å²) in [4.78, 5) is 11.1. The number of nitrogens with zero attached hydrogens (tertiary/aromatic N) is 5. The van der Waals surface area contributed by atoms with Gasteiger partial charge in [0.1, 0.15) is 17.9 Å². The van der Waals surface area contributed by atoms with Crippen molar-refractivity contribution < 1.29 is 4.74 Å². The number of benzene rings is 1. The van der Waals surface area contributed by atoms with Gasteiger partial charge < -0.3 is 15.4 Å². The van der Waals surface area contributed by atoms with E-state index in [2.05, 4.69) is 48.8 Å². The van der Waals surface area contributed by atoms with Gasteiger partial charge in [0.05, 0.1) is 19.7 Å². The molecule has 2 N–H and O–H groups in total. The van der Waals surface area contributed by atoms with Gasteiger partial charge >= 0.3 is 0 Å². The molecule has 9 heteroatoms. The Balaban J connectivity index is 0.00000280. The average molecular weight is 499 g/mol. The Labute approximate surface area is 183 Å². The third kappa shape index (κ3) is 5.81. The van der Waals surface area contributed by atoms with Crippen LogP contribution in [0, 0.1) is 0 Å². The summed E-state index contributed by atoms with van der Waals surface area (Å²) in [5.74, 6) is 2.51. The van der Waals surface area contributed by atoms with Crippen LogP contribution in [0.2, 0.25) is 0 Å². The first-order chi connectivity index (χ1) is 13.2. The third-order valence-electron chi connectivity index (χ3n) is 4.97.